The van der Waals surface area contributed by atoms with Gasteiger partial charge in [0.05, 0.1) is 24.0 Å². The molecule has 1 N–H and O–H groups in total. The standard InChI is InChI=1S/C14H21NO4/c1-13(2)8-15(9-14(3,4)19-13)7-11-10(12(16)17)5-6-18-11/h5-6H,7-9H2,1-4H3,(H,16,17). The molecular weight excluding hydrogens is 246 g/mol. The molecule has 1 aromatic heterocycles. The van der Waals surface area contributed by atoms with Gasteiger partial charge in [-0.15, -0.1) is 0 Å². The Kier molecular flexibility index (Phi) is 3.45. The van der Waals surface area contributed by atoms with Crippen molar-refractivity contribution < 1.29 is 19.1 Å². The summed E-state index contributed by atoms with van der Waals surface area (Å²) >= 11 is 0. The SMILES string of the molecule is CC1(C)CN(Cc2occc2C(=O)O)CC(C)(C)O1. The van der Waals surface area contributed by atoms with E-state index in [0.29, 0.717) is 12.3 Å². The van der Waals surface area contributed by atoms with Crippen LogP contribution in [-0.4, -0.2) is 40.3 Å². The van der Waals surface area contributed by atoms with Gasteiger partial charge in [0, 0.05) is 13.1 Å². The number of rotatable bonds is 3. The Bertz CT molecular complexity index is 460. The lowest BCUT2D eigenvalue weighted by molar-refractivity contribution is -0.182. The zero-order valence-electron chi connectivity index (χ0n) is 11.9. The van der Waals surface area contributed by atoms with Crippen LogP contribution in [0.1, 0.15) is 43.8 Å². The van der Waals surface area contributed by atoms with Gasteiger partial charge < -0.3 is 14.3 Å². The van der Waals surface area contributed by atoms with Gasteiger partial charge in [0.15, 0.2) is 0 Å². The van der Waals surface area contributed by atoms with Crippen molar-refractivity contribution in [3.05, 3.63) is 23.7 Å². The number of carboxylic acid groups (broad SMARTS) is 1. The van der Waals surface area contributed by atoms with Crippen LogP contribution in [0.4, 0.5) is 0 Å². The summed E-state index contributed by atoms with van der Waals surface area (Å²) in [4.78, 5) is 13.3. The molecule has 0 radical (unpaired) electrons. The minimum atomic E-state index is -0.949. The molecule has 2 rings (SSSR count). The molecule has 1 saturated heterocycles. The van der Waals surface area contributed by atoms with Gasteiger partial charge in [0.1, 0.15) is 11.3 Å². The van der Waals surface area contributed by atoms with Gasteiger partial charge in [-0.3, -0.25) is 4.90 Å². The monoisotopic (exact) mass is 267 g/mol. The number of nitrogens with zero attached hydrogens (tertiary/aromatic N) is 1. The predicted molar refractivity (Wildman–Crippen MR) is 70.2 cm³/mol. The van der Waals surface area contributed by atoms with Gasteiger partial charge >= 0.3 is 5.97 Å². The maximum Gasteiger partial charge on any atom is 0.339 e. The van der Waals surface area contributed by atoms with Crippen LogP contribution in [0.5, 0.6) is 0 Å². The fraction of sp³-hybridized carbons (Fsp3) is 0.643. The van der Waals surface area contributed by atoms with Gasteiger partial charge in [-0.1, -0.05) is 0 Å². The summed E-state index contributed by atoms with van der Waals surface area (Å²) in [6.45, 7) is 10.2. The minimum absolute atomic E-state index is 0.238. The van der Waals surface area contributed by atoms with E-state index in [1.165, 1.54) is 12.3 Å². The maximum absolute atomic E-state index is 11.1. The Hall–Kier alpha value is -1.33. The van der Waals surface area contributed by atoms with Crippen LogP contribution in [0, 0.1) is 0 Å². The van der Waals surface area contributed by atoms with E-state index < -0.39 is 5.97 Å². The lowest BCUT2D eigenvalue weighted by Crippen LogP contribution is -2.56. The van der Waals surface area contributed by atoms with Gasteiger partial charge in [-0.25, -0.2) is 4.79 Å². The second-order valence-corrected chi connectivity index (χ2v) is 6.33. The van der Waals surface area contributed by atoms with E-state index in [2.05, 4.69) is 4.90 Å². The second-order valence-electron chi connectivity index (χ2n) is 6.33. The normalized spacial score (nSPS) is 22.3. The van der Waals surface area contributed by atoms with Crippen LogP contribution in [0.25, 0.3) is 0 Å². The summed E-state index contributed by atoms with van der Waals surface area (Å²) in [5, 5.41) is 9.09. The molecule has 19 heavy (non-hydrogen) atoms. The average molecular weight is 267 g/mol. The molecule has 0 bridgehead atoms. The third kappa shape index (κ3) is 3.36. The van der Waals surface area contributed by atoms with Crippen molar-refractivity contribution in [2.75, 3.05) is 13.1 Å². The summed E-state index contributed by atoms with van der Waals surface area (Å²) < 4.78 is 11.3. The van der Waals surface area contributed by atoms with Crippen LogP contribution < -0.4 is 0 Å². The summed E-state index contributed by atoms with van der Waals surface area (Å²) in [6, 6.07) is 1.49. The first kappa shape index (κ1) is 14.1. The van der Waals surface area contributed by atoms with Gasteiger partial charge in [-0.05, 0) is 33.8 Å². The molecule has 0 aliphatic carbocycles. The number of hydrogen-bond donors (Lipinski definition) is 1. The first-order valence-electron chi connectivity index (χ1n) is 6.41. The number of furan rings is 1. The number of morpholine rings is 1. The highest BCUT2D eigenvalue weighted by atomic mass is 16.5. The molecule has 1 aliphatic heterocycles. The topological polar surface area (TPSA) is 62.9 Å². The predicted octanol–water partition coefficient (Wildman–Crippen LogP) is 2.37. The third-order valence-electron chi connectivity index (χ3n) is 3.10. The van der Waals surface area contributed by atoms with Crippen LogP contribution in [0.3, 0.4) is 0 Å². The number of ether oxygens (including phenoxy) is 1. The highest BCUT2D eigenvalue weighted by molar-refractivity contribution is 5.88. The minimum Gasteiger partial charge on any atom is -0.478 e. The Labute approximate surface area is 113 Å². The molecule has 0 saturated carbocycles. The summed E-state index contributed by atoms with van der Waals surface area (Å²) in [6.07, 6.45) is 1.43. The number of hydrogen-bond acceptors (Lipinski definition) is 4. The van der Waals surface area contributed by atoms with E-state index in [1.807, 2.05) is 27.7 Å². The third-order valence-corrected chi connectivity index (χ3v) is 3.10. The fourth-order valence-electron chi connectivity index (χ4n) is 2.91. The largest absolute Gasteiger partial charge is 0.478 e. The van der Waals surface area contributed by atoms with Crippen molar-refractivity contribution in [2.45, 2.75) is 45.4 Å². The molecule has 1 aromatic rings. The number of aromatic carboxylic acids is 1. The molecular formula is C14H21NO4. The fourth-order valence-corrected chi connectivity index (χ4v) is 2.91. The molecule has 5 nitrogen and oxygen atoms in total. The highest BCUT2D eigenvalue weighted by Gasteiger charge is 2.38. The van der Waals surface area contributed by atoms with Gasteiger partial charge in [0.2, 0.25) is 0 Å². The molecule has 2 heterocycles. The molecule has 0 amide bonds. The molecule has 0 aromatic carbocycles. The first-order valence-corrected chi connectivity index (χ1v) is 6.41. The molecule has 0 unspecified atom stereocenters. The molecule has 1 fully saturated rings. The van der Waals surface area contributed by atoms with Crippen molar-refractivity contribution in [3.63, 3.8) is 0 Å². The smallest absolute Gasteiger partial charge is 0.339 e. The summed E-state index contributed by atoms with van der Waals surface area (Å²) in [5.74, 6) is -0.448. The van der Waals surface area contributed by atoms with Crippen molar-refractivity contribution in [1.82, 2.24) is 4.90 Å². The Balaban J connectivity index is 2.14. The van der Waals surface area contributed by atoms with Crippen LogP contribution in [0.15, 0.2) is 16.7 Å². The zero-order chi connectivity index (χ0) is 14.3. The second kappa shape index (κ2) is 4.65. The molecule has 106 valence electrons. The van der Waals surface area contributed by atoms with Crippen molar-refractivity contribution in [1.29, 1.82) is 0 Å². The summed E-state index contributed by atoms with van der Waals surface area (Å²) in [5.41, 5.74) is -0.266. The van der Waals surface area contributed by atoms with E-state index in [0.717, 1.165) is 13.1 Å². The van der Waals surface area contributed by atoms with Crippen molar-refractivity contribution >= 4 is 5.97 Å². The Morgan fingerprint density at radius 2 is 1.89 bits per heavy atom. The first-order chi connectivity index (χ1) is 8.69. The van der Waals surface area contributed by atoms with Crippen LogP contribution in [-0.2, 0) is 11.3 Å². The van der Waals surface area contributed by atoms with Crippen molar-refractivity contribution in [3.8, 4) is 0 Å². The summed E-state index contributed by atoms with van der Waals surface area (Å²) in [7, 11) is 0. The quantitative estimate of drug-likeness (QED) is 0.911. The average Bonchev–Trinajstić information content (AvgIpc) is 2.60. The van der Waals surface area contributed by atoms with Gasteiger partial charge in [-0.2, -0.15) is 0 Å². The van der Waals surface area contributed by atoms with Crippen LogP contribution >= 0.6 is 0 Å². The van der Waals surface area contributed by atoms with E-state index >= 15 is 0 Å². The van der Waals surface area contributed by atoms with E-state index in [1.54, 1.807) is 0 Å². The van der Waals surface area contributed by atoms with Crippen LogP contribution in [0.2, 0.25) is 0 Å². The molecule has 1 aliphatic rings. The van der Waals surface area contributed by atoms with E-state index in [9.17, 15) is 4.79 Å². The van der Waals surface area contributed by atoms with E-state index in [-0.39, 0.29) is 16.8 Å². The zero-order valence-corrected chi connectivity index (χ0v) is 11.9. The Morgan fingerprint density at radius 3 is 2.42 bits per heavy atom. The lowest BCUT2D eigenvalue weighted by atomic mass is 9.98. The van der Waals surface area contributed by atoms with Gasteiger partial charge in [0.25, 0.3) is 0 Å². The molecule has 5 heteroatoms. The molecule has 0 spiro atoms. The highest BCUT2D eigenvalue weighted by Crippen LogP contribution is 2.29. The molecule has 0 atom stereocenters. The Morgan fingerprint density at radius 1 is 1.32 bits per heavy atom. The lowest BCUT2D eigenvalue weighted by Gasteiger charge is -2.47. The number of carboxylic acids is 1. The van der Waals surface area contributed by atoms with Crippen molar-refractivity contribution in [2.24, 2.45) is 0 Å². The maximum atomic E-state index is 11.1. The van der Waals surface area contributed by atoms with E-state index in [4.69, 9.17) is 14.3 Å². The number of carbonyl (C=O) groups is 1.